The second kappa shape index (κ2) is 7.32. The molecule has 4 N–H and O–H groups in total. The van der Waals surface area contributed by atoms with E-state index in [0.717, 1.165) is 5.56 Å². The smallest absolute Gasteiger partial charge is 0.404 e. The first kappa shape index (κ1) is 14.9. The van der Waals surface area contributed by atoms with Gasteiger partial charge in [-0.1, -0.05) is 0 Å². The second-order valence-electron chi connectivity index (χ2n) is 3.69. The van der Waals surface area contributed by atoms with Gasteiger partial charge in [0, 0.05) is 13.1 Å². The highest BCUT2D eigenvalue weighted by atomic mass is 16.5. The van der Waals surface area contributed by atoms with Gasteiger partial charge in [-0.2, -0.15) is 0 Å². The number of carbonyl (C=O) groups excluding carboxylic acids is 1. The number of phenolic OH excluding ortho intramolecular Hbond substituents is 1. The summed E-state index contributed by atoms with van der Waals surface area (Å²) in [5, 5.41) is 12.8. The van der Waals surface area contributed by atoms with Crippen molar-refractivity contribution in [1.29, 1.82) is 0 Å². The van der Waals surface area contributed by atoms with Crippen LogP contribution in [-0.4, -0.2) is 38.6 Å². The number of amides is 1. The Kier molecular flexibility index (Phi) is 5.74. The molecule has 0 bridgehead atoms. The maximum atomic E-state index is 10.3. The number of nitrogens with two attached hydrogens (primary N) is 1. The third kappa shape index (κ3) is 4.55. The molecule has 0 spiro atoms. The molecule has 106 valence electrons. The van der Waals surface area contributed by atoms with E-state index in [1.165, 1.54) is 14.2 Å². The number of nitrogens with one attached hydrogen (secondary N) is 1. The van der Waals surface area contributed by atoms with Crippen LogP contribution >= 0.6 is 0 Å². The summed E-state index contributed by atoms with van der Waals surface area (Å²) in [6.07, 6.45) is -0.797. The summed E-state index contributed by atoms with van der Waals surface area (Å²) in [5.74, 6) is 0.639. The zero-order valence-corrected chi connectivity index (χ0v) is 10.9. The number of phenols is 1. The third-order valence-corrected chi connectivity index (χ3v) is 2.39. The Morgan fingerprint density at radius 1 is 1.32 bits per heavy atom. The molecule has 19 heavy (non-hydrogen) atoms. The van der Waals surface area contributed by atoms with Crippen molar-refractivity contribution in [2.45, 2.75) is 6.54 Å². The molecule has 1 aromatic carbocycles. The first-order valence-corrected chi connectivity index (χ1v) is 5.65. The van der Waals surface area contributed by atoms with Crippen LogP contribution in [0.15, 0.2) is 12.1 Å². The van der Waals surface area contributed by atoms with Crippen molar-refractivity contribution in [3.63, 3.8) is 0 Å². The van der Waals surface area contributed by atoms with Gasteiger partial charge in [-0.25, -0.2) is 4.79 Å². The molecule has 0 saturated carbocycles. The third-order valence-electron chi connectivity index (χ3n) is 2.39. The SMILES string of the molecule is COc1cc(CNCCOC(N)=O)cc(OC)c1O. The summed E-state index contributed by atoms with van der Waals surface area (Å²) in [5.41, 5.74) is 5.69. The van der Waals surface area contributed by atoms with Crippen molar-refractivity contribution in [2.24, 2.45) is 5.73 Å². The van der Waals surface area contributed by atoms with E-state index in [0.29, 0.717) is 24.6 Å². The number of hydrogen-bond donors (Lipinski definition) is 3. The summed E-state index contributed by atoms with van der Waals surface area (Å²) in [6.45, 7) is 1.17. The first-order chi connectivity index (χ1) is 9.08. The van der Waals surface area contributed by atoms with Gasteiger partial charge < -0.3 is 30.4 Å². The van der Waals surface area contributed by atoms with Gasteiger partial charge in [0.05, 0.1) is 14.2 Å². The predicted octanol–water partition coefficient (Wildman–Crippen LogP) is 0.594. The van der Waals surface area contributed by atoms with Gasteiger partial charge >= 0.3 is 6.09 Å². The zero-order chi connectivity index (χ0) is 14.3. The first-order valence-electron chi connectivity index (χ1n) is 5.65. The van der Waals surface area contributed by atoms with Crippen molar-refractivity contribution in [3.8, 4) is 17.2 Å². The molecule has 0 fully saturated rings. The largest absolute Gasteiger partial charge is 0.502 e. The van der Waals surface area contributed by atoms with Crippen LogP contribution in [0.5, 0.6) is 17.2 Å². The van der Waals surface area contributed by atoms with Crippen LogP contribution in [0.2, 0.25) is 0 Å². The van der Waals surface area contributed by atoms with Crippen LogP contribution in [-0.2, 0) is 11.3 Å². The summed E-state index contributed by atoms with van der Waals surface area (Å²) >= 11 is 0. The number of hydrogen-bond acceptors (Lipinski definition) is 6. The number of benzene rings is 1. The number of primary amides is 1. The minimum atomic E-state index is -0.797. The van der Waals surface area contributed by atoms with Crippen LogP contribution in [0.4, 0.5) is 4.79 Å². The van der Waals surface area contributed by atoms with Gasteiger partial charge in [-0.3, -0.25) is 0 Å². The van der Waals surface area contributed by atoms with Gasteiger partial charge in [0.1, 0.15) is 6.61 Å². The topological polar surface area (TPSA) is 103 Å². The fraction of sp³-hybridized carbons (Fsp3) is 0.417. The minimum absolute atomic E-state index is 0.0363. The Bertz CT molecular complexity index is 411. The summed E-state index contributed by atoms with van der Waals surface area (Å²) in [7, 11) is 2.93. The van der Waals surface area contributed by atoms with Gasteiger partial charge in [0.15, 0.2) is 11.5 Å². The summed E-state index contributed by atoms with van der Waals surface area (Å²) in [6, 6.07) is 3.39. The number of rotatable bonds is 7. The van der Waals surface area contributed by atoms with Crippen LogP contribution in [0.1, 0.15) is 5.56 Å². The predicted molar refractivity (Wildman–Crippen MR) is 68.5 cm³/mol. The van der Waals surface area contributed by atoms with E-state index in [9.17, 15) is 9.90 Å². The molecule has 1 rings (SSSR count). The van der Waals surface area contributed by atoms with Crippen LogP contribution in [0.3, 0.4) is 0 Å². The van der Waals surface area contributed by atoms with E-state index < -0.39 is 6.09 Å². The lowest BCUT2D eigenvalue weighted by molar-refractivity contribution is 0.157. The van der Waals surface area contributed by atoms with Crippen LogP contribution in [0.25, 0.3) is 0 Å². The van der Waals surface area contributed by atoms with E-state index in [2.05, 4.69) is 10.1 Å². The standard InChI is InChI=1S/C12H18N2O5/c1-17-9-5-8(6-10(18-2)11(9)15)7-14-3-4-19-12(13)16/h5-6,14-15H,3-4,7H2,1-2H3,(H2,13,16). The number of ether oxygens (including phenoxy) is 3. The highest BCUT2D eigenvalue weighted by molar-refractivity contribution is 5.64. The van der Waals surface area contributed by atoms with Crippen molar-refractivity contribution in [3.05, 3.63) is 17.7 Å². The van der Waals surface area contributed by atoms with Crippen molar-refractivity contribution in [1.82, 2.24) is 5.32 Å². The Labute approximate surface area is 111 Å². The molecule has 0 unspecified atom stereocenters. The molecule has 7 heteroatoms. The Hall–Kier alpha value is -2.15. The van der Waals surface area contributed by atoms with Crippen LogP contribution < -0.4 is 20.5 Å². The van der Waals surface area contributed by atoms with Crippen molar-refractivity contribution >= 4 is 6.09 Å². The average molecular weight is 270 g/mol. The molecule has 0 heterocycles. The molecule has 0 atom stereocenters. The highest BCUT2D eigenvalue weighted by Gasteiger charge is 2.10. The number of methoxy groups -OCH3 is 2. The molecule has 0 aliphatic rings. The van der Waals surface area contributed by atoms with E-state index in [-0.39, 0.29) is 12.4 Å². The van der Waals surface area contributed by atoms with Gasteiger partial charge in [-0.05, 0) is 17.7 Å². The molecule has 0 aliphatic heterocycles. The van der Waals surface area contributed by atoms with Gasteiger partial charge in [-0.15, -0.1) is 0 Å². The van der Waals surface area contributed by atoms with E-state index in [1.807, 2.05) is 0 Å². The monoisotopic (exact) mass is 270 g/mol. The van der Waals surface area contributed by atoms with E-state index in [4.69, 9.17) is 15.2 Å². The quantitative estimate of drug-likeness (QED) is 0.627. The fourth-order valence-electron chi connectivity index (χ4n) is 1.51. The second-order valence-corrected chi connectivity index (χ2v) is 3.69. The van der Waals surface area contributed by atoms with Crippen molar-refractivity contribution in [2.75, 3.05) is 27.4 Å². The molecular weight excluding hydrogens is 252 g/mol. The molecule has 0 aliphatic carbocycles. The molecule has 0 aromatic heterocycles. The minimum Gasteiger partial charge on any atom is -0.502 e. The lowest BCUT2D eigenvalue weighted by Gasteiger charge is -2.11. The molecular formula is C12H18N2O5. The molecule has 0 radical (unpaired) electrons. The molecule has 7 nitrogen and oxygen atoms in total. The Balaban J connectivity index is 2.56. The van der Waals surface area contributed by atoms with E-state index >= 15 is 0 Å². The molecule has 1 amide bonds. The Morgan fingerprint density at radius 3 is 2.37 bits per heavy atom. The maximum absolute atomic E-state index is 10.3. The van der Waals surface area contributed by atoms with E-state index in [1.54, 1.807) is 12.1 Å². The lowest BCUT2D eigenvalue weighted by atomic mass is 10.2. The summed E-state index contributed by atoms with van der Waals surface area (Å²) in [4.78, 5) is 10.3. The fourth-order valence-corrected chi connectivity index (χ4v) is 1.51. The van der Waals surface area contributed by atoms with Crippen molar-refractivity contribution < 1.29 is 24.1 Å². The molecule has 0 saturated heterocycles. The Morgan fingerprint density at radius 2 is 1.89 bits per heavy atom. The number of carbonyl (C=O) groups is 1. The summed E-state index contributed by atoms with van der Waals surface area (Å²) < 4.78 is 14.7. The van der Waals surface area contributed by atoms with Crippen LogP contribution in [0, 0.1) is 0 Å². The van der Waals surface area contributed by atoms with Gasteiger partial charge in [0.25, 0.3) is 0 Å². The zero-order valence-electron chi connectivity index (χ0n) is 10.9. The number of aromatic hydroxyl groups is 1. The van der Waals surface area contributed by atoms with Gasteiger partial charge in [0.2, 0.25) is 5.75 Å². The maximum Gasteiger partial charge on any atom is 0.404 e. The highest BCUT2D eigenvalue weighted by Crippen LogP contribution is 2.36. The molecule has 1 aromatic rings. The lowest BCUT2D eigenvalue weighted by Crippen LogP contribution is -2.23. The normalized spacial score (nSPS) is 10.0. The average Bonchev–Trinajstić information content (AvgIpc) is 2.39.